The molecule has 0 saturated carbocycles. The molecule has 0 aliphatic rings. The zero-order valence-corrected chi connectivity index (χ0v) is 11.1. The molecule has 0 heterocycles. The molecule has 0 spiro atoms. The summed E-state index contributed by atoms with van der Waals surface area (Å²) in [7, 11) is 0. The molecule has 0 fully saturated rings. The van der Waals surface area contributed by atoms with Gasteiger partial charge in [0, 0.05) is 0 Å². The van der Waals surface area contributed by atoms with Crippen molar-refractivity contribution >= 4 is 15.0 Å². The van der Waals surface area contributed by atoms with Gasteiger partial charge in [-0.2, -0.15) is 0 Å². The van der Waals surface area contributed by atoms with Crippen LogP contribution in [0.15, 0.2) is 42.5 Å². The molecule has 1 atom stereocenters. The molecule has 1 rings (SSSR count). The van der Waals surface area contributed by atoms with Crippen LogP contribution in [0.4, 0.5) is 0 Å². The van der Waals surface area contributed by atoms with Crippen LogP contribution in [-0.2, 0) is 5.60 Å². The normalized spacial score (nSPS) is 14.6. The van der Waals surface area contributed by atoms with Crippen molar-refractivity contribution in [2.75, 3.05) is 0 Å². The molecule has 1 unspecified atom stereocenters. The van der Waals surface area contributed by atoms with Crippen molar-refractivity contribution < 1.29 is 5.11 Å². The van der Waals surface area contributed by atoms with Gasteiger partial charge in [0.25, 0.3) is 0 Å². The first-order chi connectivity index (χ1) is 7.06. The number of hydrogen-bond acceptors (Lipinski definition) is 1. The van der Waals surface area contributed by atoms with E-state index in [1.165, 1.54) is 0 Å². The van der Waals surface area contributed by atoms with E-state index in [2.05, 4.69) is 12.4 Å². The van der Waals surface area contributed by atoms with E-state index >= 15 is 0 Å². The predicted molar refractivity (Wildman–Crippen MR) is 66.2 cm³/mol. The minimum absolute atomic E-state index is 0.601. The molecule has 0 amide bonds. The molecule has 0 aromatic heterocycles. The van der Waals surface area contributed by atoms with Gasteiger partial charge in [-0.05, 0) is 0 Å². The molecule has 82 valence electrons. The van der Waals surface area contributed by atoms with Crippen molar-refractivity contribution in [1.29, 1.82) is 0 Å². The van der Waals surface area contributed by atoms with Gasteiger partial charge in [-0.1, -0.05) is 0 Å². The molecule has 1 aromatic rings. The van der Waals surface area contributed by atoms with E-state index in [4.69, 9.17) is 0 Å². The van der Waals surface area contributed by atoms with Crippen LogP contribution >= 0.6 is 0 Å². The van der Waals surface area contributed by atoms with Crippen LogP contribution in [0.1, 0.15) is 18.9 Å². The Morgan fingerprint density at radius 3 is 2.53 bits per heavy atom. The standard InChI is InChI=1S/C13H18OSe/c1-11(10-15-3)9-13(2,14)12-7-5-4-6-8-12/h4-8,14H,1,9-10H2,2-3H3. The molecule has 1 aromatic carbocycles. The van der Waals surface area contributed by atoms with Gasteiger partial charge in [0.15, 0.2) is 0 Å². The molecule has 0 saturated heterocycles. The van der Waals surface area contributed by atoms with Crippen LogP contribution < -0.4 is 0 Å². The number of rotatable bonds is 5. The van der Waals surface area contributed by atoms with Crippen LogP contribution in [-0.4, -0.2) is 20.1 Å². The summed E-state index contributed by atoms with van der Waals surface area (Å²) in [6, 6.07) is 9.80. The molecule has 0 radical (unpaired) electrons. The fourth-order valence-corrected chi connectivity index (χ4v) is 2.71. The van der Waals surface area contributed by atoms with Gasteiger partial charge in [0.05, 0.1) is 0 Å². The van der Waals surface area contributed by atoms with E-state index in [-0.39, 0.29) is 0 Å². The van der Waals surface area contributed by atoms with Crippen LogP contribution in [0, 0.1) is 0 Å². The minimum atomic E-state index is -0.774. The van der Waals surface area contributed by atoms with Crippen LogP contribution in [0.3, 0.4) is 0 Å². The first-order valence-electron chi connectivity index (χ1n) is 5.00. The van der Waals surface area contributed by atoms with Gasteiger partial charge in [-0.3, -0.25) is 0 Å². The summed E-state index contributed by atoms with van der Waals surface area (Å²) < 4.78 is 0. The molecular weight excluding hydrogens is 251 g/mol. The van der Waals surface area contributed by atoms with Crippen molar-refractivity contribution in [2.24, 2.45) is 0 Å². The third kappa shape index (κ3) is 3.83. The Morgan fingerprint density at radius 1 is 1.40 bits per heavy atom. The maximum atomic E-state index is 10.3. The Morgan fingerprint density at radius 2 is 2.00 bits per heavy atom. The van der Waals surface area contributed by atoms with E-state index < -0.39 is 5.60 Å². The molecule has 0 aliphatic carbocycles. The molecule has 0 aliphatic heterocycles. The van der Waals surface area contributed by atoms with Gasteiger partial charge in [-0.15, -0.1) is 0 Å². The maximum absolute atomic E-state index is 10.3. The Kier molecular flexibility index (Phi) is 4.59. The number of benzene rings is 1. The third-order valence-corrected chi connectivity index (χ3v) is 3.80. The summed E-state index contributed by atoms with van der Waals surface area (Å²) in [6.07, 6.45) is 0.659. The summed E-state index contributed by atoms with van der Waals surface area (Å²) >= 11 is 0.601. The second-order valence-electron chi connectivity index (χ2n) is 4.00. The van der Waals surface area contributed by atoms with E-state index in [0.717, 1.165) is 16.5 Å². The third-order valence-electron chi connectivity index (χ3n) is 2.34. The molecule has 1 nitrogen and oxygen atoms in total. The van der Waals surface area contributed by atoms with E-state index in [1.807, 2.05) is 37.3 Å². The second-order valence-corrected chi connectivity index (χ2v) is 5.82. The van der Waals surface area contributed by atoms with Gasteiger partial charge < -0.3 is 0 Å². The first kappa shape index (κ1) is 12.5. The summed E-state index contributed by atoms with van der Waals surface area (Å²) in [6.45, 7) is 5.87. The van der Waals surface area contributed by atoms with Crippen molar-refractivity contribution in [3.05, 3.63) is 48.0 Å². The molecule has 2 heteroatoms. The van der Waals surface area contributed by atoms with E-state index in [0.29, 0.717) is 21.4 Å². The van der Waals surface area contributed by atoms with Crippen molar-refractivity contribution in [3.8, 4) is 0 Å². The Hall–Kier alpha value is -0.561. The summed E-state index contributed by atoms with van der Waals surface area (Å²) in [4.78, 5) is 0. The van der Waals surface area contributed by atoms with Crippen LogP contribution in [0.25, 0.3) is 0 Å². The molecule has 0 bridgehead atoms. The quantitative estimate of drug-likeness (QED) is 0.643. The molecular formula is C13H18OSe. The number of hydrogen-bond donors (Lipinski definition) is 1. The average molecular weight is 269 g/mol. The van der Waals surface area contributed by atoms with Gasteiger partial charge in [0.2, 0.25) is 0 Å². The van der Waals surface area contributed by atoms with Gasteiger partial charge >= 0.3 is 98.2 Å². The summed E-state index contributed by atoms with van der Waals surface area (Å²) in [5.74, 6) is 2.19. The van der Waals surface area contributed by atoms with E-state index in [9.17, 15) is 5.11 Å². The first-order valence-corrected chi connectivity index (χ1v) is 7.92. The SMILES string of the molecule is C=C(C[Se]C)CC(C)(O)c1ccccc1. The van der Waals surface area contributed by atoms with Gasteiger partial charge in [-0.25, -0.2) is 0 Å². The molecule has 1 N–H and O–H groups in total. The Bertz CT molecular complexity index is 317. The topological polar surface area (TPSA) is 20.2 Å². The average Bonchev–Trinajstić information content (AvgIpc) is 2.18. The summed E-state index contributed by atoms with van der Waals surface area (Å²) in [5, 5.41) is 11.4. The van der Waals surface area contributed by atoms with Crippen molar-refractivity contribution in [3.63, 3.8) is 0 Å². The van der Waals surface area contributed by atoms with Crippen molar-refractivity contribution in [2.45, 2.75) is 30.1 Å². The molecule has 15 heavy (non-hydrogen) atoms. The Labute approximate surface area is 98.4 Å². The second kappa shape index (κ2) is 5.50. The zero-order valence-electron chi connectivity index (χ0n) is 9.36. The predicted octanol–water partition coefficient (Wildman–Crippen LogP) is 3.01. The Balaban J connectivity index is 2.71. The zero-order chi connectivity index (χ0) is 11.3. The number of aliphatic hydroxyl groups is 1. The monoisotopic (exact) mass is 270 g/mol. The van der Waals surface area contributed by atoms with Crippen molar-refractivity contribution in [1.82, 2.24) is 0 Å². The fourth-order valence-electron chi connectivity index (χ4n) is 1.64. The van der Waals surface area contributed by atoms with E-state index in [1.54, 1.807) is 0 Å². The van der Waals surface area contributed by atoms with Gasteiger partial charge in [0.1, 0.15) is 0 Å². The summed E-state index contributed by atoms with van der Waals surface area (Å²) in [5.41, 5.74) is 1.34. The van der Waals surface area contributed by atoms with Crippen LogP contribution in [0.5, 0.6) is 0 Å². The fraction of sp³-hybridized carbons (Fsp3) is 0.385. The van der Waals surface area contributed by atoms with Crippen LogP contribution in [0.2, 0.25) is 11.1 Å².